The standard InChI is InChI=1S/C35H45ClN4O6S/c1-7-9-15-32(41)37-27-20-21-29(36)30(23-27)39(6)34(43)40(22-10-8-2)24-25-16-18-26(19-17-25)28-13-11-12-14-31(28)47(44,45)38-33(42)46-35(3,4)5/h11-14,16-21,23H,7-10,15,22,24H2,1-6H3,(H,37,41)(H,38,42). The second kappa shape index (κ2) is 16.6. The number of urea groups is 1. The lowest BCUT2D eigenvalue weighted by Gasteiger charge is -2.29. The van der Waals surface area contributed by atoms with Gasteiger partial charge in [0.05, 0.1) is 15.6 Å². The fraction of sp³-hybridized carbons (Fsp3) is 0.400. The molecule has 0 aliphatic carbocycles. The number of nitrogens with one attached hydrogen (secondary N) is 2. The Labute approximate surface area is 283 Å². The lowest BCUT2D eigenvalue weighted by Crippen LogP contribution is -2.41. The minimum Gasteiger partial charge on any atom is -0.443 e. The fourth-order valence-corrected chi connectivity index (χ4v) is 6.08. The van der Waals surface area contributed by atoms with Crippen molar-refractivity contribution in [3.8, 4) is 11.1 Å². The van der Waals surface area contributed by atoms with Crippen molar-refractivity contribution in [1.82, 2.24) is 9.62 Å². The number of carbonyl (C=O) groups is 3. The molecule has 0 atom stereocenters. The minimum absolute atomic E-state index is 0.0688. The van der Waals surface area contributed by atoms with Crippen LogP contribution < -0.4 is 14.9 Å². The molecule has 2 N–H and O–H groups in total. The number of carbonyl (C=O) groups excluding carboxylic acids is 3. The molecule has 0 fully saturated rings. The zero-order valence-electron chi connectivity index (χ0n) is 27.9. The number of sulfonamides is 1. The van der Waals surface area contributed by atoms with Gasteiger partial charge in [0, 0.05) is 37.8 Å². The van der Waals surface area contributed by atoms with Crippen molar-refractivity contribution < 1.29 is 27.5 Å². The Hall–Kier alpha value is -4.09. The molecule has 4 amide bonds. The van der Waals surface area contributed by atoms with Crippen molar-refractivity contribution >= 4 is 51.0 Å². The van der Waals surface area contributed by atoms with E-state index in [1.165, 1.54) is 11.0 Å². The molecule has 0 spiro atoms. The van der Waals surface area contributed by atoms with Gasteiger partial charge in [-0.1, -0.05) is 80.8 Å². The van der Waals surface area contributed by atoms with E-state index in [1.54, 1.807) is 81.2 Å². The smallest absolute Gasteiger partial charge is 0.421 e. The van der Waals surface area contributed by atoms with E-state index in [1.807, 2.05) is 30.7 Å². The van der Waals surface area contributed by atoms with Crippen LogP contribution >= 0.6 is 11.6 Å². The lowest BCUT2D eigenvalue weighted by molar-refractivity contribution is -0.116. The van der Waals surface area contributed by atoms with E-state index in [0.29, 0.717) is 47.0 Å². The molecule has 0 heterocycles. The summed E-state index contributed by atoms with van der Waals surface area (Å²) in [5.74, 6) is -0.0957. The van der Waals surface area contributed by atoms with Crippen LogP contribution in [0.2, 0.25) is 5.02 Å². The van der Waals surface area contributed by atoms with Crippen molar-refractivity contribution in [3.63, 3.8) is 0 Å². The van der Waals surface area contributed by atoms with Gasteiger partial charge in [-0.3, -0.25) is 9.69 Å². The van der Waals surface area contributed by atoms with Crippen LogP contribution in [0.1, 0.15) is 72.3 Å². The Morgan fingerprint density at radius 3 is 2.21 bits per heavy atom. The number of benzene rings is 3. The molecule has 0 saturated carbocycles. The molecule has 3 aromatic rings. The first kappa shape index (κ1) is 37.4. The van der Waals surface area contributed by atoms with Crippen LogP contribution in [0.15, 0.2) is 71.6 Å². The summed E-state index contributed by atoms with van der Waals surface area (Å²) in [6, 6.07) is 18.4. The maximum absolute atomic E-state index is 13.8. The van der Waals surface area contributed by atoms with Crippen LogP contribution in [-0.4, -0.2) is 50.5 Å². The quantitative estimate of drug-likeness (QED) is 0.187. The van der Waals surface area contributed by atoms with Gasteiger partial charge in [0.25, 0.3) is 10.0 Å². The summed E-state index contributed by atoms with van der Waals surface area (Å²) in [7, 11) is -2.58. The summed E-state index contributed by atoms with van der Waals surface area (Å²) in [5.41, 5.74) is 2.03. The number of rotatable bonds is 13. The fourth-order valence-electron chi connectivity index (χ4n) is 4.73. The predicted octanol–water partition coefficient (Wildman–Crippen LogP) is 8.21. The lowest BCUT2D eigenvalue weighted by atomic mass is 10.0. The van der Waals surface area contributed by atoms with Crippen LogP contribution in [0.25, 0.3) is 11.1 Å². The van der Waals surface area contributed by atoms with Crippen molar-refractivity contribution in [2.45, 2.75) is 83.8 Å². The summed E-state index contributed by atoms with van der Waals surface area (Å²) in [4.78, 5) is 41.5. The molecule has 10 nitrogen and oxygen atoms in total. The molecule has 47 heavy (non-hydrogen) atoms. The van der Waals surface area contributed by atoms with Gasteiger partial charge in [0.15, 0.2) is 0 Å². The van der Waals surface area contributed by atoms with Gasteiger partial charge in [-0.15, -0.1) is 0 Å². The van der Waals surface area contributed by atoms with Gasteiger partial charge in [0.2, 0.25) is 5.91 Å². The van der Waals surface area contributed by atoms with E-state index in [2.05, 4.69) is 5.32 Å². The van der Waals surface area contributed by atoms with E-state index in [9.17, 15) is 22.8 Å². The average Bonchev–Trinajstić information content (AvgIpc) is 3.01. The number of unbranched alkanes of at least 4 members (excludes halogenated alkanes) is 2. The maximum atomic E-state index is 13.8. The predicted molar refractivity (Wildman–Crippen MR) is 187 cm³/mol. The molecule has 0 aliphatic rings. The molecule has 0 unspecified atom stereocenters. The van der Waals surface area contributed by atoms with Crippen LogP contribution in [0.5, 0.6) is 0 Å². The number of nitrogens with zero attached hydrogens (tertiary/aromatic N) is 2. The third-order valence-electron chi connectivity index (χ3n) is 7.12. The summed E-state index contributed by atoms with van der Waals surface area (Å²) in [5, 5.41) is 3.25. The third-order valence-corrected chi connectivity index (χ3v) is 8.81. The molecule has 254 valence electrons. The van der Waals surface area contributed by atoms with Crippen LogP contribution in [-0.2, 0) is 26.1 Å². The highest BCUT2D eigenvalue weighted by Gasteiger charge is 2.26. The summed E-state index contributed by atoms with van der Waals surface area (Å²) in [6.45, 7) is 9.81. The molecule has 0 aromatic heterocycles. The first-order chi connectivity index (χ1) is 22.1. The average molecular weight is 685 g/mol. The summed E-state index contributed by atoms with van der Waals surface area (Å²) >= 11 is 6.50. The maximum Gasteiger partial charge on any atom is 0.421 e. The first-order valence-electron chi connectivity index (χ1n) is 15.7. The summed E-state index contributed by atoms with van der Waals surface area (Å²) in [6.07, 6.45) is 2.72. The topological polar surface area (TPSA) is 125 Å². The second-order valence-corrected chi connectivity index (χ2v) is 14.3. The van der Waals surface area contributed by atoms with E-state index in [0.717, 1.165) is 31.2 Å². The highest BCUT2D eigenvalue weighted by Crippen LogP contribution is 2.31. The van der Waals surface area contributed by atoms with Gasteiger partial charge in [-0.2, -0.15) is 0 Å². The molecule has 0 bridgehead atoms. The SMILES string of the molecule is CCCCC(=O)Nc1ccc(Cl)c(N(C)C(=O)N(CCCC)Cc2ccc(-c3ccccc3S(=O)(=O)NC(=O)OC(C)(C)C)cc2)c1. The highest BCUT2D eigenvalue weighted by molar-refractivity contribution is 7.90. The minimum atomic E-state index is -4.23. The Bertz CT molecular complexity index is 1660. The summed E-state index contributed by atoms with van der Waals surface area (Å²) < 4.78 is 33.4. The molecule has 3 rings (SSSR count). The molecular formula is C35H45ClN4O6S. The molecule has 0 radical (unpaired) electrons. The van der Waals surface area contributed by atoms with Crippen LogP contribution in [0.4, 0.5) is 21.0 Å². The molecule has 0 aliphatic heterocycles. The number of ether oxygens (including phenoxy) is 1. The monoisotopic (exact) mass is 684 g/mol. The molecule has 3 aromatic carbocycles. The Morgan fingerprint density at radius 1 is 0.915 bits per heavy atom. The number of hydrogen-bond acceptors (Lipinski definition) is 6. The van der Waals surface area contributed by atoms with Gasteiger partial charge in [0.1, 0.15) is 5.60 Å². The van der Waals surface area contributed by atoms with Crippen molar-refractivity contribution in [2.24, 2.45) is 0 Å². The van der Waals surface area contributed by atoms with E-state index in [-0.39, 0.29) is 16.8 Å². The Kier molecular flexibility index (Phi) is 13.2. The van der Waals surface area contributed by atoms with Crippen molar-refractivity contribution in [1.29, 1.82) is 0 Å². The number of anilines is 2. The Morgan fingerprint density at radius 2 is 1.57 bits per heavy atom. The Balaban J connectivity index is 1.82. The van der Waals surface area contributed by atoms with Gasteiger partial charge in [-0.05, 0) is 69.0 Å². The van der Waals surface area contributed by atoms with Gasteiger partial charge < -0.3 is 15.0 Å². The van der Waals surface area contributed by atoms with Crippen LogP contribution in [0, 0.1) is 0 Å². The third kappa shape index (κ3) is 11.0. The number of amides is 4. The number of hydrogen-bond donors (Lipinski definition) is 2. The van der Waals surface area contributed by atoms with Crippen molar-refractivity contribution in [2.75, 3.05) is 23.8 Å². The normalized spacial score (nSPS) is 11.5. The van der Waals surface area contributed by atoms with Crippen LogP contribution in [0.3, 0.4) is 0 Å². The first-order valence-corrected chi connectivity index (χ1v) is 17.6. The van der Waals surface area contributed by atoms with Crippen molar-refractivity contribution in [3.05, 3.63) is 77.3 Å². The van der Waals surface area contributed by atoms with E-state index < -0.39 is 21.7 Å². The van der Waals surface area contributed by atoms with Gasteiger partial charge in [-0.25, -0.2) is 22.7 Å². The van der Waals surface area contributed by atoms with E-state index >= 15 is 0 Å². The highest BCUT2D eigenvalue weighted by atomic mass is 35.5. The molecule has 12 heteroatoms. The second-order valence-electron chi connectivity index (χ2n) is 12.2. The largest absolute Gasteiger partial charge is 0.443 e. The zero-order valence-corrected chi connectivity index (χ0v) is 29.5. The van der Waals surface area contributed by atoms with E-state index in [4.69, 9.17) is 16.3 Å². The van der Waals surface area contributed by atoms with Gasteiger partial charge >= 0.3 is 12.1 Å². The molecular weight excluding hydrogens is 640 g/mol. The molecule has 0 saturated heterocycles. The number of halogens is 1. The zero-order chi connectivity index (χ0) is 34.8.